The molecule has 1 heterocycles. The SMILES string of the molecule is CNC(=O)c1ccc(NC(=O)CCCc2nc(-c3ccc(F)cc3)no2)c(C)c1. The largest absolute Gasteiger partial charge is 0.355 e. The maximum absolute atomic E-state index is 13.0. The minimum Gasteiger partial charge on any atom is -0.355 e. The van der Waals surface area contributed by atoms with E-state index in [1.54, 1.807) is 37.4 Å². The van der Waals surface area contributed by atoms with Gasteiger partial charge in [0.05, 0.1) is 0 Å². The molecular weight excluding hydrogens is 375 g/mol. The number of aryl methyl sites for hydroxylation is 2. The van der Waals surface area contributed by atoms with Gasteiger partial charge in [0.2, 0.25) is 17.6 Å². The first-order valence-corrected chi connectivity index (χ1v) is 9.17. The van der Waals surface area contributed by atoms with Gasteiger partial charge in [-0.3, -0.25) is 9.59 Å². The van der Waals surface area contributed by atoms with Gasteiger partial charge in [-0.15, -0.1) is 0 Å². The van der Waals surface area contributed by atoms with Gasteiger partial charge in [0.25, 0.3) is 5.91 Å². The molecule has 0 saturated carbocycles. The molecule has 0 aliphatic rings. The summed E-state index contributed by atoms with van der Waals surface area (Å²) in [5.41, 5.74) is 2.67. The second-order valence-corrected chi connectivity index (χ2v) is 6.53. The smallest absolute Gasteiger partial charge is 0.251 e. The Morgan fingerprint density at radius 3 is 2.59 bits per heavy atom. The van der Waals surface area contributed by atoms with E-state index in [4.69, 9.17) is 4.52 Å². The van der Waals surface area contributed by atoms with Crippen LogP contribution in [-0.2, 0) is 11.2 Å². The van der Waals surface area contributed by atoms with Crippen molar-refractivity contribution in [2.24, 2.45) is 0 Å². The molecule has 0 saturated heterocycles. The predicted octanol–water partition coefficient (Wildman–Crippen LogP) is 3.51. The molecule has 29 heavy (non-hydrogen) atoms. The normalized spacial score (nSPS) is 10.6. The summed E-state index contributed by atoms with van der Waals surface area (Å²) in [5.74, 6) is 0.158. The van der Waals surface area contributed by atoms with Gasteiger partial charge >= 0.3 is 0 Å². The molecule has 0 spiro atoms. The third-order valence-corrected chi connectivity index (χ3v) is 4.35. The minimum atomic E-state index is -0.331. The van der Waals surface area contributed by atoms with E-state index < -0.39 is 0 Å². The Morgan fingerprint density at radius 1 is 1.14 bits per heavy atom. The lowest BCUT2D eigenvalue weighted by Crippen LogP contribution is -2.18. The van der Waals surface area contributed by atoms with E-state index in [9.17, 15) is 14.0 Å². The molecule has 0 aliphatic heterocycles. The van der Waals surface area contributed by atoms with Crippen molar-refractivity contribution >= 4 is 17.5 Å². The van der Waals surface area contributed by atoms with Crippen LogP contribution in [0, 0.1) is 12.7 Å². The number of anilines is 1. The first kappa shape index (κ1) is 20.2. The van der Waals surface area contributed by atoms with Gasteiger partial charge in [-0.05, 0) is 61.4 Å². The average Bonchev–Trinajstić information content (AvgIpc) is 3.18. The van der Waals surface area contributed by atoms with Gasteiger partial charge in [-0.25, -0.2) is 4.39 Å². The summed E-state index contributed by atoms with van der Waals surface area (Å²) in [5, 5.41) is 9.29. The van der Waals surface area contributed by atoms with Crippen LogP contribution in [0.4, 0.5) is 10.1 Å². The summed E-state index contributed by atoms with van der Waals surface area (Å²) >= 11 is 0. The van der Waals surface area contributed by atoms with Crippen LogP contribution in [0.2, 0.25) is 0 Å². The average molecular weight is 396 g/mol. The quantitative estimate of drug-likeness (QED) is 0.637. The standard InChI is InChI=1S/C21H21FN4O3/c1-13-12-15(21(28)23-2)8-11-17(13)24-18(27)4-3-5-19-25-20(26-29-19)14-6-9-16(22)10-7-14/h6-12H,3-5H2,1-2H3,(H,23,28)(H,24,27). The number of hydrogen-bond acceptors (Lipinski definition) is 5. The van der Waals surface area contributed by atoms with Gasteiger partial charge < -0.3 is 15.2 Å². The van der Waals surface area contributed by atoms with Gasteiger partial charge in [0, 0.05) is 36.7 Å². The third kappa shape index (κ3) is 5.25. The molecule has 0 fully saturated rings. The first-order valence-electron chi connectivity index (χ1n) is 9.17. The summed E-state index contributed by atoms with van der Waals surface area (Å²) < 4.78 is 18.2. The lowest BCUT2D eigenvalue weighted by atomic mass is 10.1. The first-order chi connectivity index (χ1) is 14.0. The molecule has 0 aliphatic carbocycles. The lowest BCUT2D eigenvalue weighted by Gasteiger charge is -2.09. The van der Waals surface area contributed by atoms with Gasteiger partial charge in [0.1, 0.15) is 5.82 Å². The van der Waals surface area contributed by atoms with Crippen molar-refractivity contribution in [2.45, 2.75) is 26.2 Å². The van der Waals surface area contributed by atoms with E-state index in [2.05, 4.69) is 20.8 Å². The Kier molecular flexibility index (Phi) is 6.33. The summed E-state index contributed by atoms with van der Waals surface area (Å²) in [6.45, 7) is 1.83. The maximum atomic E-state index is 13.0. The summed E-state index contributed by atoms with van der Waals surface area (Å²) in [6, 6.07) is 10.9. The van der Waals surface area contributed by atoms with Crippen LogP contribution in [0.3, 0.4) is 0 Å². The minimum absolute atomic E-state index is 0.140. The van der Waals surface area contributed by atoms with Crippen LogP contribution in [0.15, 0.2) is 47.0 Å². The van der Waals surface area contributed by atoms with E-state index in [-0.39, 0.29) is 24.1 Å². The third-order valence-electron chi connectivity index (χ3n) is 4.35. The Balaban J connectivity index is 1.50. The van der Waals surface area contributed by atoms with Crippen molar-refractivity contribution < 1.29 is 18.5 Å². The molecule has 8 heteroatoms. The molecule has 0 atom stereocenters. The van der Waals surface area contributed by atoms with Crippen molar-refractivity contribution in [1.29, 1.82) is 0 Å². The predicted molar refractivity (Wildman–Crippen MR) is 106 cm³/mol. The molecule has 3 aromatic rings. The number of carbonyl (C=O) groups excluding carboxylic acids is 2. The van der Waals surface area contributed by atoms with Crippen molar-refractivity contribution in [3.8, 4) is 11.4 Å². The second kappa shape index (κ2) is 9.09. The van der Waals surface area contributed by atoms with Crippen molar-refractivity contribution in [3.05, 3.63) is 65.3 Å². The molecule has 7 nitrogen and oxygen atoms in total. The molecule has 0 radical (unpaired) electrons. The highest BCUT2D eigenvalue weighted by Crippen LogP contribution is 2.18. The Hall–Kier alpha value is -3.55. The van der Waals surface area contributed by atoms with Gasteiger partial charge in [0.15, 0.2) is 0 Å². The number of halogens is 1. The zero-order valence-corrected chi connectivity index (χ0v) is 16.2. The Bertz CT molecular complexity index is 1020. The highest BCUT2D eigenvalue weighted by atomic mass is 19.1. The van der Waals surface area contributed by atoms with E-state index in [0.717, 1.165) is 5.56 Å². The number of carbonyl (C=O) groups is 2. The molecule has 1 aromatic heterocycles. The van der Waals surface area contributed by atoms with Crippen molar-refractivity contribution in [2.75, 3.05) is 12.4 Å². The van der Waals surface area contributed by atoms with Crippen LogP contribution in [0.25, 0.3) is 11.4 Å². The number of nitrogens with zero attached hydrogens (tertiary/aromatic N) is 2. The Morgan fingerprint density at radius 2 is 1.90 bits per heavy atom. The van der Waals surface area contributed by atoms with Crippen molar-refractivity contribution in [3.63, 3.8) is 0 Å². The molecule has 2 N–H and O–H groups in total. The molecule has 3 rings (SSSR count). The van der Waals surface area contributed by atoms with E-state index in [0.29, 0.717) is 41.4 Å². The van der Waals surface area contributed by atoms with Crippen LogP contribution in [0.1, 0.15) is 34.7 Å². The molecule has 2 aromatic carbocycles. The zero-order chi connectivity index (χ0) is 20.8. The fourth-order valence-electron chi connectivity index (χ4n) is 2.77. The number of benzene rings is 2. The van der Waals surface area contributed by atoms with Crippen LogP contribution >= 0.6 is 0 Å². The number of nitrogens with one attached hydrogen (secondary N) is 2. The monoisotopic (exact) mass is 396 g/mol. The molecule has 2 amide bonds. The molecule has 0 bridgehead atoms. The van der Waals surface area contributed by atoms with E-state index in [1.807, 2.05) is 6.92 Å². The van der Waals surface area contributed by atoms with E-state index in [1.165, 1.54) is 12.1 Å². The molecular formula is C21H21FN4O3. The number of amides is 2. The zero-order valence-electron chi connectivity index (χ0n) is 16.2. The van der Waals surface area contributed by atoms with Gasteiger partial charge in [-0.2, -0.15) is 4.98 Å². The number of rotatable bonds is 7. The van der Waals surface area contributed by atoms with Crippen LogP contribution in [-0.4, -0.2) is 29.0 Å². The summed E-state index contributed by atoms with van der Waals surface area (Å²) in [4.78, 5) is 28.1. The summed E-state index contributed by atoms with van der Waals surface area (Å²) in [6.07, 6.45) is 1.27. The summed E-state index contributed by atoms with van der Waals surface area (Å²) in [7, 11) is 1.57. The van der Waals surface area contributed by atoms with Crippen LogP contribution in [0.5, 0.6) is 0 Å². The molecule has 150 valence electrons. The van der Waals surface area contributed by atoms with Crippen LogP contribution < -0.4 is 10.6 Å². The van der Waals surface area contributed by atoms with Gasteiger partial charge in [-0.1, -0.05) is 5.16 Å². The second-order valence-electron chi connectivity index (χ2n) is 6.53. The topological polar surface area (TPSA) is 97.1 Å². The number of hydrogen-bond donors (Lipinski definition) is 2. The fraction of sp³-hybridized carbons (Fsp3) is 0.238. The lowest BCUT2D eigenvalue weighted by molar-refractivity contribution is -0.116. The highest BCUT2D eigenvalue weighted by molar-refractivity contribution is 5.96. The maximum Gasteiger partial charge on any atom is 0.251 e. The van der Waals surface area contributed by atoms with E-state index >= 15 is 0 Å². The molecule has 0 unspecified atom stereocenters. The highest BCUT2D eigenvalue weighted by Gasteiger charge is 2.11. The Labute approximate surface area is 167 Å². The van der Waals surface area contributed by atoms with Crippen molar-refractivity contribution in [1.82, 2.24) is 15.5 Å². The number of aromatic nitrogens is 2. The fourth-order valence-corrected chi connectivity index (χ4v) is 2.77.